The number of hydrogen-bond acceptors (Lipinski definition) is 1. The van der Waals surface area contributed by atoms with E-state index in [1.54, 1.807) is 0 Å². The minimum atomic E-state index is -1.44. The van der Waals surface area contributed by atoms with Gasteiger partial charge in [-0.2, -0.15) is 0 Å². The minimum Gasteiger partial charge on any atom is -0.320 e. The van der Waals surface area contributed by atoms with Crippen LogP contribution in [0.15, 0.2) is 30.3 Å². The first-order valence-corrected chi connectivity index (χ1v) is 4.52. The summed E-state index contributed by atoms with van der Waals surface area (Å²) in [7, 11) is 0. The molecule has 0 radical (unpaired) electrons. The van der Waals surface area contributed by atoms with Crippen LogP contribution in [0.25, 0.3) is 0 Å². The van der Waals surface area contributed by atoms with Gasteiger partial charge in [-0.05, 0) is 5.56 Å². The number of halogens is 3. The van der Waals surface area contributed by atoms with E-state index in [1.165, 1.54) is 0 Å². The third-order valence-corrected chi connectivity index (χ3v) is 2.22. The molecule has 0 heterocycles. The maximum absolute atomic E-state index is 5.68. The molecule has 66 valence electrons. The average Bonchev–Trinajstić information content (AvgIpc) is 2.03. The zero-order chi connectivity index (χ0) is 9.19. The smallest absolute Gasteiger partial charge is 0.209 e. The van der Waals surface area contributed by atoms with Crippen LogP contribution in [0.2, 0.25) is 0 Å². The Labute approximate surface area is 86.4 Å². The predicted octanol–water partition coefficient (Wildman–Crippen LogP) is 3.06. The molecule has 0 saturated heterocycles. The Hall–Kier alpha value is 0.0500. The number of alkyl halides is 3. The van der Waals surface area contributed by atoms with E-state index in [-0.39, 0.29) is 0 Å². The summed E-state index contributed by atoms with van der Waals surface area (Å²) in [5.74, 6) is 0. The standard InChI is InChI=1S/C8H8Cl3N/c9-8(10,11)7(12)6-4-2-1-3-5-6/h1-5,7H,12H2/t7-/m0/s1. The molecule has 1 aromatic rings. The van der Waals surface area contributed by atoms with Gasteiger partial charge in [-0.15, -0.1) is 0 Å². The Kier molecular flexibility index (Phi) is 3.24. The highest BCUT2D eigenvalue weighted by Gasteiger charge is 2.30. The van der Waals surface area contributed by atoms with E-state index in [1.807, 2.05) is 30.3 Å². The number of benzene rings is 1. The summed E-state index contributed by atoms with van der Waals surface area (Å²) in [5, 5.41) is 0. The van der Waals surface area contributed by atoms with Crippen molar-refractivity contribution in [2.75, 3.05) is 0 Å². The highest BCUT2D eigenvalue weighted by atomic mass is 35.6. The first-order chi connectivity index (χ1) is 5.52. The molecule has 0 aliphatic carbocycles. The van der Waals surface area contributed by atoms with E-state index in [4.69, 9.17) is 40.5 Å². The van der Waals surface area contributed by atoms with Crippen molar-refractivity contribution in [1.82, 2.24) is 0 Å². The lowest BCUT2D eigenvalue weighted by Gasteiger charge is -2.19. The fourth-order valence-corrected chi connectivity index (χ4v) is 1.23. The summed E-state index contributed by atoms with van der Waals surface area (Å²) in [6.07, 6.45) is 0. The molecule has 4 heteroatoms. The Morgan fingerprint density at radius 3 is 2.00 bits per heavy atom. The number of hydrogen-bond donors (Lipinski definition) is 1. The summed E-state index contributed by atoms with van der Waals surface area (Å²) in [6, 6.07) is 8.66. The lowest BCUT2D eigenvalue weighted by molar-refractivity contribution is 0.748. The molecule has 0 fully saturated rings. The van der Waals surface area contributed by atoms with Crippen molar-refractivity contribution in [2.24, 2.45) is 5.73 Å². The van der Waals surface area contributed by atoms with Crippen molar-refractivity contribution in [2.45, 2.75) is 9.83 Å². The first-order valence-electron chi connectivity index (χ1n) is 3.39. The third kappa shape index (κ3) is 2.53. The van der Waals surface area contributed by atoms with Crippen LogP contribution in [0.4, 0.5) is 0 Å². The highest BCUT2D eigenvalue weighted by Crippen LogP contribution is 2.37. The molecule has 0 aliphatic heterocycles. The lowest BCUT2D eigenvalue weighted by Crippen LogP contribution is -2.25. The van der Waals surface area contributed by atoms with E-state index in [9.17, 15) is 0 Å². The molecule has 0 spiro atoms. The Bertz CT molecular complexity index is 242. The summed E-state index contributed by atoms with van der Waals surface area (Å²) in [6.45, 7) is 0. The van der Waals surface area contributed by atoms with Gasteiger partial charge >= 0.3 is 0 Å². The molecule has 1 atom stereocenters. The Balaban J connectivity index is 2.86. The number of nitrogens with two attached hydrogens (primary N) is 1. The molecule has 1 aromatic carbocycles. The first kappa shape index (κ1) is 10.1. The summed E-state index contributed by atoms with van der Waals surface area (Å²) in [4.78, 5) is 0. The normalized spacial score (nSPS) is 14.3. The van der Waals surface area contributed by atoms with E-state index in [2.05, 4.69) is 0 Å². The van der Waals surface area contributed by atoms with Gasteiger partial charge in [0.15, 0.2) is 0 Å². The van der Waals surface area contributed by atoms with Crippen molar-refractivity contribution >= 4 is 34.8 Å². The summed E-state index contributed by atoms with van der Waals surface area (Å²) in [5.41, 5.74) is 6.49. The van der Waals surface area contributed by atoms with Crippen LogP contribution in [0, 0.1) is 0 Å². The van der Waals surface area contributed by atoms with E-state index >= 15 is 0 Å². The van der Waals surface area contributed by atoms with Crippen LogP contribution in [0.3, 0.4) is 0 Å². The molecule has 0 aromatic heterocycles. The largest absolute Gasteiger partial charge is 0.320 e. The second kappa shape index (κ2) is 3.84. The van der Waals surface area contributed by atoms with Gasteiger partial charge in [0, 0.05) is 0 Å². The van der Waals surface area contributed by atoms with Crippen LogP contribution >= 0.6 is 34.8 Å². The van der Waals surface area contributed by atoms with Crippen molar-refractivity contribution in [3.8, 4) is 0 Å². The fraction of sp³-hybridized carbons (Fsp3) is 0.250. The predicted molar refractivity (Wildman–Crippen MR) is 53.7 cm³/mol. The molecular weight excluding hydrogens is 216 g/mol. The second-order valence-electron chi connectivity index (χ2n) is 2.43. The van der Waals surface area contributed by atoms with Crippen LogP contribution in [0.1, 0.15) is 11.6 Å². The fourth-order valence-electron chi connectivity index (χ4n) is 0.849. The zero-order valence-electron chi connectivity index (χ0n) is 6.18. The molecule has 12 heavy (non-hydrogen) atoms. The average molecular weight is 225 g/mol. The van der Waals surface area contributed by atoms with Crippen molar-refractivity contribution in [1.29, 1.82) is 0 Å². The van der Waals surface area contributed by atoms with Gasteiger partial charge in [-0.25, -0.2) is 0 Å². The third-order valence-electron chi connectivity index (χ3n) is 1.51. The maximum Gasteiger partial charge on any atom is 0.209 e. The molecule has 1 rings (SSSR count). The quantitative estimate of drug-likeness (QED) is 0.729. The molecule has 1 nitrogen and oxygen atoms in total. The van der Waals surface area contributed by atoms with Crippen LogP contribution in [-0.2, 0) is 0 Å². The van der Waals surface area contributed by atoms with Crippen LogP contribution in [-0.4, -0.2) is 3.79 Å². The highest BCUT2D eigenvalue weighted by molar-refractivity contribution is 6.68. The summed E-state index contributed by atoms with van der Waals surface area (Å²) < 4.78 is -1.44. The van der Waals surface area contributed by atoms with Crippen LogP contribution in [0.5, 0.6) is 0 Å². The number of rotatable bonds is 1. The maximum atomic E-state index is 5.68. The zero-order valence-corrected chi connectivity index (χ0v) is 8.44. The minimum absolute atomic E-state index is 0.580. The Morgan fingerprint density at radius 2 is 1.58 bits per heavy atom. The van der Waals surface area contributed by atoms with Gasteiger partial charge < -0.3 is 5.73 Å². The van der Waals surface area contributed by atoms with Gasteiger partial charge in [0.2, 0.25) is 3.79 Å². The van der Waals surface area contributed by atoms with E-state index in [0.717, 1.165) is 5.56 Å². The molecule has 0 unspecified atom stereocenters. The van der Waals surface area contributed by atoms with Gasteiger partial charge in [0.05, 0.1) is 6.04 Å². The van der Waals surface area contributed by atoms with E-state index < -0.39 is 9.83 Å². The lowest BCUT2D eigenvalue weighted by atomic mass is 10.1. The van der Waals surface area contributed by atoms with Gasteiger partial charge in [-0.1, -0.05) is 65.1 Å². The Morgan fingerprint density at radius 1 is 1.08 bits per heavy atom. The molecular formula is C8H8Cl3N. The topological polar surface area (TPSA) is 26.0 Å². The van der Waals surface area contributed by atoms with Gasteiger partial charge in [0.25, 0.3) is 0 Å². The molecule has 0 aliphatic rings. The van der Waals surface area contributed by atoms with Crippen LogP contribution < -0.4 is 5.73 Å². The molecule has 0 bridgehead atoms. The van der Waals surface area contributed by atoms with Gasteiger partial charge in [0.1, 0.15) is 0 Å². The second-order valence-corrected chi connectivity index (χ2v) is 4.80. The summed E-state index contributed by atoms with van der Waals surface area (Å²) >= 11 is 16.9. The SMILES string of the molecule is N[C@@H](c1ccccc1)C(Cl)(Cl)Cl. The molecule has 2 N–H and O–H groups in total. The van der Waals surface area contributed by atoms with E-state index in [0.29, 0.717) is 0 Å². The van der Waals surface area contributed by atoms with Crippen molar-refractivity contribution in [3.05, 3.63) is 35.9 Å². The molecule has 0 saturated carbocycles. The van der Waals surface area contributed by atoms with Gasteiger partial charge in [-0.3, -0.25) is 0 Å². The van der Waals surface area contributed by atoms with Crippen molar-refractivity contribution < 1.29 is 0 Å². The van der Waals surface area contributed by atoms with Crippen molar-refractivity contribution in [3.63, 3.8) is 0 Å². The molecule has 0 amide bonds. The monoisotopic (exact) mass is 223 g/mol.